The van der Waals surface area contributed by atoms with Crippen molar-refractivity contribution in [3.05, 3.63) is 64.5 Å². The first-order chi connectivity index (χ1) is 19.9. The van der Waals surface area contributed by atoms with Gasteiger partial charge in [-0.1, -0.05) is 35.5 Å². The molecule has 0 radical (unpaired) electrons. The molecule has 214 valence electrons. The molecule has 1 aliphatic carbocycles. The first kappa shape index (κ1) is 28.9. The highest BCUT2D eigenvalue weighted by atomic mass is 32.2. The van der Waals surface area contributed by atoms with Crippen LogP contribution in [0, 0.1) is 13.8 Å². The SMILES string of the molecule is CCn1c(SCC(=O)Nc2scc(-c3cc(C)ccc3C)c2C(=O)OC)nnc1-c1ccc(OC2CCCC2)cc1. The molecule has 8 nitrogen and oxygen atoms in total. The van der Waals surface area contributed by atoms with E-state index in [1.807, 2.05) is 73.2 Å². The number of aryl methyl sites for hydroxylation is 2. The Hall–Kier alpha value is -3.63. The maximum absolute atomic E-state index is 13.0. The van der Waals surface area contributed by atoms with Crippen molar-refractivity contribution < 1.29 is 19.1 Å². The third-order valence-electron chi connectivity index (χ3n) is 7.20. The Morgan fingerprint density at radius 3 is 2.54 bits per heavy atom. The fraction of sp³-hybridized carbons (Fsp3) is 0.355. The van der Waals surface area contributed by atoms with E-state index >= 15 is 0 Å². The summed E-state index contributed by atoms with van der Waals surface area (Å²) in [6.07, 6.45) is 5.00. The Bertz CT molecular complexity index is 1540. The number of nitrogens with one attached hydrogen (secondary N) is 1. The lowest BCUT2D eigenvalue weighted by molar-refractivity contribution is -0.113. The van der Waals surface area contributed by atoms with E-state index in [4.69, 9.17) is 9.47 Å². The van der Waals surface area contributed by atoms with E-state index in [1.54, 1.807) is 0 Å². The van der Waals surface area contributed by atoms with Gasteiger partial charge < -0.3 is 19.4 Å². The number of esters is 1. The van der Waals surface area contributed by atoms with Crippen molar-refractivity contribution in [1.82, 2.24) is 14.8 Å². The summed E-state index contributed by atoms with van der Waals surface area (Å²) in [4.78, 5) is 25.8. The average Bonchev–Trinajstić information content (AvgIpc) is 3.73. The molecule has 0 aliphatic heterocycles. The molecular weight excluding hydrogens is 556 g/mol. The number of aromatic nitrogens is 3. The molecule has 0 atom stereocenters. The molecule has 2 heterocycles. The lowest BCUT2D eigenvalue weighted by atomic mass is 9.97. The predicted octanol–water partition coefficient (Wildman–Crippen LogP) is 7.15. The second-order valence-corrected chi connectivity index (χ2v) is 11.9. The lowest BCUT2D eigenvalue weighted by Crippen LogP contribution is -2.16. The topological polar surface area (TPSA) is 95.3 Å². The number of thioether (sulfide) groups is 1. The molecule has 1 saturated carbocycles. The zero-order valence-electron chi connectivity index (χ0n) is 23.7. The minimum Gasteiger partial charge on any atom is -0.490 e. The maximum Gasteiger partial charge on any atom is 0.341 e. The lowest BCUT2D eigenvalue weighted by Gasteiger charge is -2.13. The quantitative estimate of drug-likeness (QED) is 0.155. The van der Waals surface area contributed by atoms with Crippen LogP contribution in [-0.4, -0.2) is 45.6 Å². The first-order valence-electron chi connectivity index (χ1n) is 13.8. The van der Waals surface area contributed by atoms with E-state index in [-0.39, 0.29) is 11.7 Å². The Balaban J connectivity index is 1.28. The summed E-state index contributed by atoms with van der Waals surface area (Å²) < 4.78 is 13.2. The number of nitrogens with zero attached hydrogens (tertiary/aromatic N) is 3. The summed E-state index contributed by atoms with van der Waals surface area (Å²) in [6.45, 7) is 6.69. The minimum atomic E-state index is -0.486. The van der Waals surface area contributed by atoms with Crippen LogP contribution >= 0.6 is 23.1 Å². The third-order valence-corrected chi connectivity index (χ3v) is 9.06. The summed E-state index contributed by atoms with van der Waals surface area (Å²) in [5.74, 6) is 1.00. The molecule has 2 aromatic heterocycles. The number of rotatable bonds is 10. The summed E-state index contributed by atoms with van der Waals surface area (Å²) in [6, 6.07) is 14.1. The fourth-order valence-corrected chi connectivity index (χ4v) is 6.81. The maximum atomic E-state index is 13.0. The molecule has 10 heteroatoms. The molecule has 4 aromatic rings. The number of amides is 1. The number of ether oxygens (including phenoxy) is 2. The van der Waals surface area contributed by atoms with E-state index in [0.29, 0.717) is 28.4 Å². The van der Waals surface area contributed by atoms with Gasteiger partial charge in [-0.15, -0.1) is 21.5 Å². The molecule has 1 amide bonds. The number of benzene rings is 2. The van der Waals surface area contributed by atoms with Gasteiger partial charge in [-0.05, 0) is 81.8 Å². The van der Waals surface area contributed by atoms with Crippen LogP contribution < -0.4 is 10.1 Å². The molecule has 0 spiro atoms. The monoisotopic (exact) mass is 590 g/mol. The minimum absolute atomic E-state index is 0.115. The van der Waals surface area contributed by atoms with Gasteiger partial charge in [0.05, 0.1) is 19.0 Å². The van der Waals surface area contributed by atoms with Gasteiger partial charge in [-0.25, -0.2) is 4.79 Å². The van der Waals surface area contributed by atoms with Crippen LogP contribution in [0.3, 0.4) is 0 Å². The van der Waals surface area contributed by atoms with Crippen molar-refractivity contribution in [2.24, 2.45) is 0 Å². The van der Waals surface area contributed by atoms with Crippen LogP contribution in [0.2, 0.25) is 0 Å². The fourth-order valence-electron chi connectivity index (χ4n) is 5.05. The van der Waals surface area contributed by atoms with Crippen molar-refractivity contribution in [1.29, 1.82) is 0 Å². The molecule has 2 aromatic carbocycles. The Morgan fingerprint density at radius 2 is 1.83 bits per heavy atom. The van der Waals surface area contributed by atoms with E-state index in [0.717, 1.165) is 52.2 Å². The van der Waals surface area contributed by atoms with Crippen LogP contribution in [0.5, 0.6) is 5.75 Å². The number of hydrogen-bond donors (Lipinski definition) is 1. The Morgan fingerprint density at radius 1 is 1.07 bits per heavy atom. The van der Waals surface area contributed by atoms with Crippen molar-refractivity contribution in [3.63, 3.8) is 0 Å². The van der Waals surface area contributed by atoms with E-state index < -0.39 is 5.97 Å². The van der Waals surface area contributed by atoms with Gasteiger partial charge >= 0.3 is 5.97 Å². The van der Waals surface area contributed by atoms with Gasteiger partial charge in [0.2, 0.25) is 5.91 Å². The average molecular weight is 591 g/mol. The standard InChI is InChI=1S/C31H34N4O4S2/c1-5-35-28(21-12-14-23(15-13-21)39-22-8-6-7-9-22)33-34-31(35)41-18-26(36)32-29-27(30(37)38-4)25(17-40-29)24-16-19(2)10-11-20(24)3/h10-17,22H,5-9,18H2,1-4H3,(H,32,36). The summed E-state index contributed by atoms with van der Waals surface area (Å²) in [5, 5.41) is 14.7. The predicted molar refractivity (Wildman–Crippen MR) is 164 cm³/mol. The number of thiophene rings is 1. The van der Waals surface area contributed by atoms with Gasteiger partial charge in [-0.2, -0.15) is 0 Å². The van der Waals surface area contributed by atoms with Gasteiger partial charge in [-0.3, -0.25) is 4.79 Å². The normalized spacial score (nSPS) is 13.4. The molecule has 0 saturated heterocycles. The van der Waals surface area contributed by atoms with Gasteiger partial charge in [0.25, 0.3) is 0 Å². The molecule has 0 bridgehead atoms. The van der Waals surface area contributed by atoms with Crippen LogP contribution in [0.1, 0.15) is 54.1 Å². The summed E-state index contributed by atoms with van der Waals surface area (Å²) >= 11 is 2.62. The number of carbonyl (C=O) groups is 2. The molecule has 1 aliphatic rings. The van der Waals surface area contributed by atoms with E-state index in [1.165, 1.54) is 43.1 Å². The smallest absolute Gasteiger partial charge is 0.341 e. The van der Waals surface area contributed by atoms with Crippen molar-refractivity contribution in [3.8, 4) is 28.3 Å². The van der Waals surface area contributed by atoms with E-state index in [9.17, 15) is 9.59 Å². The van der Waals surface area contributed by atoms with Crippen molar-refractivity contribution >= 4 is 40.0 Å². The first-order valence-corrected chi connectivity index (χ1v) is 15.6. The van der Waals surface area contributed by atoms with Crippen LogP contribution in [0.4, 0.5) is 5.00 Å². The largest absolute Gasteiger partial charge is 0.490 e. The Kier molecular flexibility index (Phi) is 9.09. The van der Waals surface area contributed by atoms with Gasteiger partial charge in [0, 0.05) is 23.1 Å². The molecule has 1 fully saturated rings. The highest BCUT2D eigenvalue weighted by Crippen LogP contribution is 2.38. The Labute approximate surface area is 248 Å². The van der Waals surface area contributed by atoms with Crippen molar-refractivity contribution in [2.45, 2.75) is 64.3 Å². The molecule has 41 heavy (non-hydrogen) atoms. The zero-order chi connectivity index (χ0) is 28.9. The molecule has 0 unspecified atom stereocenters. The molecule has 1 N–H and O–H groups in total. The zero-order valence-corrected chi connectivity index (χ0v) is 25.4. The van der Waals surface area contributed by atoms with Gasteiger partial charge in [0.15, 0.2) is 11.0 Å². The number of anilines is 1. The van der Waals surface area contributed by atoms with Gasteiger partial charge in [0.1, 0.15) is 16.3 Å². The van der Waals surface area contributed by atoms with Crippen LogP contribution in [0.15, 0.2) is 53.0 Å². The third kappa shape index (κ3) is 6.49. The van der Waals surface area contributed by atoms with Crippen LogP contribution in [0.25, 0.3) is 22.5 Å². The summed E-state index contributed by atoms with van der Waals surface area (Å²) in [5.41, 5.74) is 5.12. The number of hydrogen-bond acceptors (Lipinski definition) is 8. The highest BCUT2D eigenvalue weighted by Gasteiger charge is 2.24. The molecular formula is C31H34N4O4S2. The second kappa shape index (κ2) is 12.9. The summed E-state index contributed by atoms with van der Waals surface area (Å²) in [7, 11) is 1.35. The molecule has 5 rings (SSSR count). The van der Waals surface area contributed by atoms with Crippen LogP contribution in [-0.2, 0) is 16.1 Å². The van der Waals surface area contributed by atoms with E-state index in [2.05, 4.69) is 15.5 Å². The van der Waals surface area contributed by atoms with Crippen molar-refractivity contribution in [2.75, 3.05) is 18.2 Å². The second-order valence-electron chi connectivity index (χ2n) is 10.1. The highest BCUT2D eigenvalue weighted by molar-refractivity contribution is 7.99. The number of methoxy groups -OCH3 is 1. The number of carbonyl (C=O) groups excluding carboxylic acids is 2.